The summed E-state index contributed by atoms with van der Waals surface area (Å²) in [5.41, 5.74) is 0.633. The molecular formula is C16H16BrF2NS. The maximum Gasteiger partial charge on any atom is 0.126 e. The van der Waals surface area contributed by atoms with Gasteiger partial charge in [0.05, 0.1) is 0 Å². The Morgan fingerprint density at radius 1 is 1.14 bits per heavy atom. The van der Waals surface area contributed by atoms with E-state index in [4.69, 9.17) is 0 Å². The van der Waals surface area contributed by atoms with Gasteiger partial charge >= 0.3 is 0 Å². The van der Waals surface area contributed by atoms with Crippen LogP contribution in [0.5, 0.6) is 0 Å². The number of hydrogen-bond acceptors (Lipinski definition) is 2. The summed E-state index contributed by atoms with van der Waals surface area (Å²) in [5.74, 6) is -0.392. The van der Waals surface area contributed by atoms with Gasteiger partial charge in [-0.25, -0.2) is 8.78 Å². The van der Waals surface area contributed by atoms with Crippen molar-refractivity contribution in [2.45, 2.75) is 17.9 Å². The highest BCUT2D eigenvalue weighted by Crippen LogP contribution is 2.30. The van der Waals surface area contributed by atoms with Gasteiger partial charge in [0.15, 0.2) is 0 Å². The van der Waals surface area contributed by atoms with Gasteiger partial charge in [-0.3, -0.25) is 0 Å². The summed E-state index contributed by atoms with van der Waals surface area (Å²) >= 11 is 5.15. The fraction of sp³-hybridized carbons (Fsp3) is 0.250. The second kappa shape index (κ2) is 7.92. The van der Waals surface area contributed by atoms with Gasteiger partial charge in [-0.1, -0.05) is 19.1 Å². The maximum absolute atomic E-state index is 13.4. The minimum Gasteiger partial charge on any atom is -0.309 e. The molecule has 0 spiro atoms. The molecule has 112 valence electrons. The van der Waals surface area contributed by atoms with Crippen LogP contribution in [0.2, 0.25) is 0 Å². The van der Waals surface area contributed by atoms with Crippen molar-refractivity contribution in [2.75, 3.05) is 12.3 Å². The topological polar surface area (TPSA) is 12.0 Å². The van der Waals surface area contributed by atoms with Crippen molar-refractivity contribution in [1.82, 2.24) is 5.32 Å². The number of halogens is 3. The minimum atomic E-state index is -0.543. The largest absolute Gasteiger partial charge is 0.309 e. The summed E-state index contributed by atoms with van der Waals surface area (Å²) < 4.78 is 27.8. The molecule has 0 aliphatic carbocycles. The van der Waals surface area contributed by atoms with Crippen molar-refractivity contribution in [3.63, 3.8) is 0 Å². The first-order valence-corrected chi connectivity index (χ1v) is 8.44. The van der Waals surface area contributed by atoms with Crippen LogP contribution in [0.1, 0.15) is 18.5 Å². The van der Waals surface area contributed by atoms with Crippen molar-refractivity contribution in [3.05, 3.63) is 64.1 Å². The lowest BCUT2D eigenvalue weighted by Crippen LogP contribution is -2.23. The van der Waals surface area contributed by atoms with E-state index in [2.05, 4.69) is 21.2 Å². The predicted molar refractivity (Wildman–Crippen MR) is 87.6 cm³/mol. The van der Waals surface area contributed by atoms with Gasteiger partial charge in [0.1, 0.15) is 11.6 Å². The third-order valence-corrected chi connectivity index (χ3v) is 5.10. The summed E-state index contributed by atoms with van der Waals surface area (Å²) in [4.78, 5) is 1.11. The van der Waals surface area contributed by atoms with Gasteiger partial charge in [-0.2, -0.15) is 0 Å². The maximum atomic E-state index is 13.4. The van der Waals surface area contributed by atoms with E-state index >= 15 is 0 Å². The van der Waals surface area contributed by atoms with Crippen LogP contribution in [0.4, 0.5) is 8.78 Å². The lowest BCUT2D eigenvalue weighted by Gasteiger charge is -2.18. The van der Waals surface area contributed by atoms with Crippen LogP contribution < -0.4 is 5.32 Å². The standard InChI is InChI=1S/C16H16BrF2NS/c1-2-20-15(11-7-12(18)9-13(19)8-11)10-21-16-6-4-3-5-14(16)17/h3-9,15,20H,2,10H2,1H3. The van der Waals surface area contributed by atoms with Gasteiger partial charge < -0.3 is 5.32 Å². The SMILES string of the molecule is CCNC(CSc1ccccc1Br)c1cc(F)cc(F)c1. The smallest absolute Gasteiger partial charge is 0.126 e. The molecule has 1 nitrogen and oxygen atoms in total. The zero-order valence-corrected chi connectivity index (χ0v) is 14.0. The fourth-order valence-corrected chi connectivity index (χ4v) is 3.70. The molecule has 21 heavy (non-hydrogen) atoms. The minimum absolute atomic E-state index is 0.0997. The van der Waals surface area contributed by atoms with Crippen molar-refractivity contribution < 1.29 is 8.78 Å². The van der Waals surface area contributed by atoms with Crippen molar-refractivity contribution >= 4 is 27.7 Å². The lowest BCUT2D eigenvalue weighted by molar-refractivity contribution is 0.558. The highest BCUT2D eigenvalue weighted by molar-refractivity contribution is 9.10. The van der Waals surface area contributed by atoms with E-state index < -0.39 is 11.6 Å². The Labute approximate surface area is 136 Å². The third-order valence-electron chi connectivity index (χ3n) is 2.98. The highest BCUT2D eigenvalue weighted by atomic mass is 79.9. The van der Waals surface area contributed by atoms with E-state index in [1.807, 2.05) is 31.2 Å². The Bertz CT molecular complexity index is 586. The van der Waals surface area contributed by atoms with Crippen LogP contribution in [-0.4, -0.2) is 12.3 Å². The average Bonchev–Trinajstić information content (AvgIpc) is 2.44. The second-order valence-corrected chi connectivity index (χ2v) is 6.47. The number of thioether (sulfide) groups is 1. The number of hydrogen-bond donors (Lipinski definition) is 1. The van der Waals surface area contributed by atoms with Gasteiger partial charge in [0.2, 0.25) is 0 Å². The van der Waals surface area contributed by atoms with E-state index in [1.165, 1.54) is 12.1 Å². The molecule has 0 radical (unpaired) electrons. The molecule has 0 aromatic heterocycles. The quantitative estimate of drug-likeness (QED) is 0.702. The van der Waals surface area contributed by atoms with Gasteiger partial charge in [0, 0.05) is 27.2 Å². The van der Waals surface area contributed by atoms with Crippen LogP contribution in [0, 0.1) is 11.6 Å². The van der Waals surface area contributed by atoms with E-state index in [1.54, 1.807) is 11.8 Å². The zero-order valence-electron chi connectivity index (χ0n) is 11.6. The Morgan fingerprint density at radius 2 is 1.81 bits per heavy atom. The first-order chi connectivity index (χ1) is 10.1. The average molecular weight is 372 g/mol. The zero-order chi connectivity index (χ0) is 15.2. The molecule has 0 saturated heterocycles. The molecule has 1 atom stereocenters. The molecule has 5 heteroatoms. The molecule has 0 amide bonds. The van der Waals surface area contributed by atoms with E-state index in [-0.39, 0.29) is 6.04 Å². The molecule has 2 aromatic carbocycles. The summed E-state index contributed by atoms with van der Waals surface area (Å²) in [5, 5.41) is 3.27. The number of nitrogens with one attached hydrogen (secondary N) is 1. The Hall–Kier alpha value is -0.910. The van der Waals surface area contributed by atoms with Crippen LogP contribution >= 0.6 is 27.7 Å². The molecular weight excluding hydrogens is 356 g/mol. The predicted octanol–water partition coefficient (Wildman–Crippen LogP) is 5.17. The third kappa shape index (κ3) is 4.80. The Kier molecular flexibility index (Phi) is 6.21. The second-order valence-electron chi connectivity index (χ2n) is 4.55. The van der Waals surface area contributed by atoms with E-state index in [9.17, 15) is 8.78 Å². The number of rotatable bonds is 6. The summed E-state index contributed by atoms with van der Waals surface area (Å²) in [6.07, 6.45) is 0. The molecule has 0 aliphatic heterocycles. The molecule has 0 bridgehead atoms. The lowest BCUT2D eigenvalue weighted by atomic mass is 10.1. The number of benzene rings is 2. The summed E-state index contributed by atoms with van der Waals surface area (Å²) in [6, 6.07) is 11.5. The highest BCUT2D eigenvalue weighted by Gasteiger charge is 2.14. The normalized spacial score (nSPS) is 12.4. The summed E-state index contributed by atoms with van der Waals surface area (Å²) in [6.45, 7) is 2.71. The molecule has 0 fully saturated rings. The first kappa shape index (κ1) is 16.5. The monoisotopic (exact) mass is 371 g/mol. The fourth-order valence-electron chi connectivity index (χ4n) is 2.03. The van der Waals surface area contributed by atoms with Crippen LogP contribution in [0.25, 0.3) is 0 Å². The van der Waals surface area contributed by atoms with Crippen molar-refractivity contribution in [2.24, 2.45) is 0 Å². The molecule has 1 N–H and O–H groups in total. The molecule has 0 saturated carbocycles. The van der Waals surface area contributed by atoms with Gasteiger partial charge in [-0.05, 0) is 52.3 Å². The Balaban J connectivity index is 2.14. The van der Waals surface area contributed by atoms with Crippen LogP contribution in [0.3, 0.4) is 0 Å². The van der Waals surface area contributed by atoms with Crippen LogP contribution in [-0.2, 0) is 0 Å². The van der Waals surface area contributed by atoms with E-state index in [0.29, 0.717) is 11.3 Å². The molecule has 0 aliphatic rings. The molecule has 2 rings (SSSR count). The summed E-state index contributed by atoms with van der Waals surface area (Å²) in [7, 11) is 0. The molecule has 1 unspecified atom stereocenters. The first-order valence-electron chi connectivity index (χ1n) is 6.67. The van der Waals surface area contributed by atoms with Crippen LogP contribution in [0.15, 0.2) is 51.8 Å². The molecule has 2 aromatic rings. The van der Waals surface area contributed by atoms with Crippen molar-refractivity contribution in [1.29, 1.82) is 0 Å². The van der Waals surface area contributed by atoms with Crippen molar-refractivity contribution in [3.8, 4) is 0 Å². The molecule has 0 heterocycles. The Morgan fingerprint density at radius 3 is 2.43 bits per heavy atom. The van der Waals surface area contributed by atoms with Gasteiger partial charge in [0.25, 0.3) is 0 Å². The van der Waals surface area contributed by atoms with Gasteiger partial charge in [-0.15, -0.1) is 11.8 Å². The van der Waals surface area contributed by atoms with E-state index in [0.717, 1.165) is 22.0 Å².